The fourth-order valence-corrected chi connectivity index (χ4v) is 2.46. The summed E-state index contributed by atoms with van der Waals surface area (Å²) in [5.74, 6) is 0.776. The average Bonchev–Trinajstić information content (AvgIpc) is 2.35. The number of nitrogens with one attached hydrogen (secondary N) is 1. The van der Waals surface area contributed by atoms with Crippen LogP contribution < -0.4 is 5.32 Å². The van der Waals surface area contributed by atoms with Crippen LogP contribution in [0.4, 0.5) is 5.69 Å². The van der Waals surface area contributed by atoms with Crippen molar-refractivity contribution in [1.82, 2.24) is 15.0 Å². The molecule has 18 heavy (non-hydrogen) atoms. The minimum Gasteiger partial charge on any atom is -0.388 e. The van der Waals surface area contributed by atoms with Gasteiger partial charge in [-0.05, 0) is 32.0 Å². The molecule has 0 bridgehead atoms. The summed E-state index contributed by atoms with van der Waals surface area (Å²) >= 11 is 1.61. The maximum atomic E-state index is 4.40. The van der Waals surface area contributed by atoms with Gasteiger partial charge in [0.25, 0.3) is 0 Å². The largest absolute Gasteiger partial charge is 0.388 e. The summed E-state index contributed by atoms with van der Waals surface area (Å²) in [7, 11) is 1.90. The fraction of sp³-hybridized carbons (Fsp3) is 0.308. The van der Waals surface area contributed by atoms with E-state index in [1.807, 2.05) is 45.3 Å². The lowest BCUT2D eigenvalue weighted by Crippen LogP contribution is -1.95. The number of anilines is 1. The van der Waals surface area contributed by atoms with Crippen molar-refractivity contribution in [3.63, 3.8) is 0 Å². The molecule has 5 heteroatoms. The number of nitrogens with zero attached hydrogens (tertiary/aromatic N) is 3. The molecule has 2 heterocycles. The SMILES string of the molecule is CNc1ccnc(CSc2nc(C)cc(C)n2)c1. The highest BCUT2D eigenvalue weighted by Crippen LogP contribution is 2.20. The first kappa shape index (κ1) is 12.8. The van der Waals surface area contributed by atoms with Crippen LogP contribution in [-0.2, 0) is 5.75 Å². The van der Waals surface area contributed by atoms with Gasteiger partial charge in [-0.3, -0.25) is 4.98 Å². The zero-order valence-corrected chi connectivity index (χ0v) is 11.6. The number of thioether (sulfide) groups is 1. The Morgan fingerprint density at radius 3 is 2.56 bits per heavy atom. The van der Waals surface area contributed by atoms with E-state index in [4.69, 9.17) is 0 Å². The highest BCUT2D eigenvalue weighted by Gasteiger charge is 2.03. The first-order valence-electron chi connectivity index (χ1n) is 5.75. The molecule has 0 saturated carbocycles. The molecular weight excluding hydrogens is 244 g/mol. The van der Waals surface area contributed by atoms with Crippen LogP contribution in [0.1, 0.15) is 17.1 Å². The van der Waals surface area contributed by atoms with Crippen molar-refractivity contribution in [1.29, 1.82) is 0 Å². The van der Waals surface area contributed by atoms with Gasteiger partial charge >= 0.3 is 0 Å². The van der Waals surface area contributed by atoms with E-state index in [0.29, 0.717) is 0 Å². The third-order valence-corrected chi connectivity index (χ3v) is 3.30. The normalized spacial score (nSPS) is 10.4. The quantitative estimate of drug-likeness (QED) is 0.676. The Hall–Kier alpha value is -1.62. The second-order valence-electron chi connectivity index (χ2n) is 4.01. The van der Waals surface area contributed by atoms with Crippen LogP contribution in [-0.4, -0.2) is 22.0 Å². The van der Waals surface area contributed by atoms with Crippen molar-refractivity contribution in [2.24, 2.45) is 0 Å². The Labute approximate surface area is 111 Å². The molecule has 2 aromatic heterocycles. The van der Waals surface area contributed by atoms with Gasteiger partial charge in [0.2, 0.25) is 0 Å². The summed E-state index contributed by atoms with van der Waals surface area (Å²) in [4.78, 5) is 13.1. The minimum absolute atomic E-state index is 0.776. The van der Waals surface area contributed by atoms with Crippen molar-refractivity contribution >= 4 is 17.4 Å². The smallest absolute Gasteiger partial charge is 0.188 e. The van der Waals surface area contributed by atoms with Crippen LogP contribution in [0, 0.1) is 13.8 Å². The first-order valence-corrected chi connectivity index (χ1v) is 6.73. The summed E-state index contributed by atoms with van der Waals surface area (Å²) < 4.78 is 0. The van der Waals surface area contributed by atoms with Crippen molar-refractivity contribution in [3.8, 4) is 0 Å². The Balaban J connectivity index is 2.06. The zero-order valence-electron chi connectivity index (χ0n) is 10.8. The summed E-state index contributed by atoms with van der Waals surface area (Å²) in [6, 6.07) is 5.96. The number of hydrogen-bond donors (Lipinski definition) is 1. The summed E-state index contributed by atoms with van der Waals surface area (Å²) in [6.07, 6.45) is 1.81. The molecular formula is C13H16N4S. The standard InChI is InChI=1S/C13H16N4S/c1-9-6-10(2)17-13(16-9)18-8-12-7-11(14-3)4-5-15-12/h4-7H,8H2,1-3H3,(H,14,15). The number of aromatic nitrogens is 3. The molecule has 94 valence electrons. The zero-order chi connectivity index (χ0) is 13.0. The van der Waals surface area contributed by atoms with E-state index in [9.17, 15) is 0 Å². The number of pyridine rings is 1. The minimum atomic E-state index is 0.776. The van der Waals surface area contributed by atoms with Gasteiger partial charge in [-0.1, -0.05) is 11.8 Å². The molecule has 0 amide bonds. The first-order chi connectivity index (χ1) is 8.67. The molecule has 0 radical (unpaired) electrons. The number of aryl methyl sites for hydroxylation is 2. The predicted octanol–water partition coefficient (Wildman–Crippen LogP) is 2.82. The van der Waals surface area contributed by atoms with Crippen molar-refractivity contribution in [2.75, 3.05) is 12.4 Å². The lowest BCUT2D eigenvalue weighted by molar-refractivity contribution is 0.901. The van der Waals surface area contributed by atoms with Gasteiger partial charge in [0.1, 0.15) is 0 Å². The molecule has 0 aliphatic carbocycles. The van der Waals surface area contributed by atoms with Gasteiger partial charge in [-0.25, -0.2) is 9.97 Å². The molecule has 0 aliphatic heterocycles. The van der Waals surface area contributed by atoms with Gasteiger partial charge < -0.3 is 5.32 Å². The Kier molecular flexibility index (Phi) is 4.15. The maximum Gasteiger partial charge on any atom is 0.188 e. The Morgan fingerprint density at radius 1 is 1.17 bits per heavy atom. The molecule has 2 rings (SSSR count). The van der Waals surface area contributed by atoms with Crippen LogP contribution in [0.15, 0.2) is 29.6 Å². The van der Waals surface area contributed by atoms with Gasteiger partial charge in [0, 0.05) is 36.1 Å². The summed E-state index contributed by atoms with van der Waals surface area (Å²) in [5, 5.41) is 3.91. The maximum absolute atomic E-state index is 4.40. The molecule has 0 aliphatic rings. The molecule has 0 spiro atoms. The number of rotatable bonds is 4. The van der Waals surface area contributed by atoms with Crippen LogP contribution in [0.5, 0.6) is 0 Å². The monoisotopic (exact) mass is 260 g/mol. The predicted molar refractivity (Wildman–Crippen MR) is 74.9 cm³/mol. The van der Waals surface area contributed by atoms with Crippen LogP contribution in [0.25, 0.3) is 0 Å². The van der Waals surface area contributed by atoms with E-state index in [1.54, 1.807) is 11.8 Å². The molecule has 0 aromatic carbocycles. The van der Waals surface area contributed by atoms with Crippen molar-refractivity contribution in [3.05, 3.63) is 41.5 Å². The fourth-order valence-electron chi connectivity index (χ4n) is 1.61. The Morgan fingerprint density at radius 2 is 1.89 bits per heavy atom. The van der Waals surface area contributed by atoms with Crippen molar-refractivity contribution < 1.29 is 0 Å². The molecule has 0 unspecified atom stereocenters. The average molecular weight is 260 g/mol. The van der Waals surface area contributed by atoms with Gasteiger partial charge in [-0.2, -0.15) is 0 Å². The molecule has 2 aromatic rings. The van der Waals surface area contributed by atoms with E-state index in [2.05, 4.69) is 20.3 Å². The molecule has 0 fully saturated rings. The van der Waals surface area contributed by atoms with Gasteiger partial charge in [-0.15, -0.1) is 0 Å². The number of hydrogen-bond acceptors (Lipinski definition) is 5. The van der Waals surface area contributed by atoms with Crippen molar-refractivity contribution in [2.45, 2.75) is 24.8 Å². The van der Waals surface area contributed by atoms with Crippen LogP contribution in [0.2, 0.25) is 0 Å². The summed E-state index contributed by atoms with van der Waals surface area (Å²) in [6.45, 7) is 3.97. The second-order valence-corrected chi connectivity index (χ2v) is 4.95. The van der Waals surface area contributed by atoms with Crippen LogP contribution >= 0.6 is 11.8 Å². The lowest BCUT2D eigenvalue weighted by Gasteiger charge is -2.04. The van der Waals surface area contributed by atoms with E-state index in [-0.39, 0.29) is 0 Å². The van der Waals surface area contributed by atoms with E-state index < -0.39 is 0 Å². The molecule has 0 saturated heterocycles. The second kappa shape index (κ2) is 5.82. The van der Waals surface area contributed by atoms with E-state index in [0.717, 1.165) is 33.7 Å². The Bertz CT molecular complexity index is 522. The van der Waals surface area contributed by atoms with Gasteiger partial charge in [0.05, 0.1) is 5.69 Å². The third-order valence-electron chi connectivity index (χ3n) is 2.42. The summed E-state index contributed by atoms with van der Waals surface area (Å²) in [5.41, 5.74) is 4.10. The molecule has 0 atom stereocenters. The lowest BCUT2D eigenvalue weighted by atomic mass is 10.3. The van der Waals surface area contributed by atoms with Crippen LogP contribution in [0.3, 0.4) is 0 Å². The highest BCUT2D eigenvalue weighted by molar-refractivity contribution is 7.98. The highest BCUT2D eigenvalue weighted by atomic mass is 32.2. The van der Waals surface area contributed by atoms with Gasteiger partial charge in [0.15, 0.2) is 5.16 Å². The third kappa shape index (κ3) is 3.43. The molecule has 4 nitrogen and oxygen atoms in total. The van der Waals surface area contributed by atoms with E-state index in [1.165, 1.54) is 0 Å². The topological polar surface area (TPSA) is 50.7 Å². The van der Waals surface area contributed by atoms with E-state index >= 15 is 0 Å². The molecule has 1 N–H and O–H groups in total.